The summed E-state index contributed by atoms with van der Waals surface area (Å²) in [5, 5.41) is 41.2. The molecule has 0 N–H and O–H groups in total. The minimum atomic E-state index is -1.00. The number of rotatable bonds is 4. The first-order valence-corrected chi connectivity index (χ1v) is 14.9. The van der Waals surface area contributed by atoms with Crippen molar-refractivity contribution >= 4 is 22.2 Å². The average Bonchev–Trinajstić information content (AvgIpc) is 3.70. The second-order valence-electron chi connectivity index (χ2n) is 11.1. The summed E-state index contributed by atoms with van der Waals surface area (Å²) in [6.07, 6.45) is 3.07. The molecule has 0 atom stereocenters. The van der Waals surface area contributed by atoms with Crippen molar-refractivity contribution in [3.63, 3.8) is 0 Å². The third-order valence-electron chi connectivity index (χ3n) is 8.43. The molecule has 50 heavy (non-hydrogen) atoms. The van der Waals surface area contributed by atoms with Crippen molar-refractivity contribution in [1.82, 2.24) is 8.80 Å². The van der Waals surface area contributed by atoms with E-state index in [-0.39, 0.29) is 55.1 Å². The van der Waals surface area contributed by atoms with Gasteiger partial charge in [-0.25, -0.2) is 17.6 Å². The first-order valence-electron chi connectivity index (χ1n) is 14.9. The Balaban J connectivity index is 1.93. The summed E-state index contributed by atoms with van der Waals surface area (Å²) < 4.78 is 63.8. The van der Waals surface area contributed by atoms with E-state index in [1.807, 2.05) is 24.3 Å². The van der Waals surface area contributed by atoms with E-state index in [0.29, 0.717) is 34.4 Å². The molecule has 0 fully saturated rings. The minimum Gasteiger partial charge on any atom is -0.311 e. The van der Waals surface area contributed by atoms with E-state index in [4.69, 9.17) is 0 Å². The molecule has 0 radical (unpaired) electrons. The third-order valence-corrected chi connectivity index (χ3v) is 8.43. The fraction of sp³-hybridized carbons (Fsp3) is 0. The van der Waals surface area contributed by atoms with Gasteiger partial charge >= 0.3 is 0 Å². The molecule has 0 unspecified atom stereocenters. The Bertz CT molecular complexity index is 2610. The molecule has 3 aromatic heterocycles. The predicted octanol–water partition coefficient (Wildman–Crippen LogP) is 7.81. The zero-order valence-electron chi connectivity index (χ0n) is 25.6. The summed E-state index contributed by atoms with van der Waals surface area (Å²) in [4.78, 5) is 0. The highest BCUT2D eigenvalue weighted by Gasteiger charge is 2.28. The quantitative estimate of drug-likeness (QED) is 0.180. The molecule has 7 aromatic rings. The first kappa shape index (κ1) is 31.2. The van der Waals surface area contributed by atoms with E-state index in [1.165, 1.54) is 33.3 Å². The Labute approximate surface area is 281 Å². The van der Waals surface area contributed by atoms with Crippen LogP contribution in [0, 0.1) is 68.6 Å². The number of nitrogens with zero attached hydrogens (tertiary/aromatic N) is 6. The lowest BCUT2D eigenvalue weighted by molar-refractivity contribution is 0.584. The lowest BCUT2D eigenvalue weighted by atomic mass is 10.0. The van der Waals surface area contributed by atoms with Gasteiger partial charge in [0.2, 0.25) is 0 Å². The predicted molar refractivity (Wildman–Crippen MR) is 178 cm³/mol. The van der Waals surface area contributed by atoms with Crippen molar-refractivity contribution in [3.05, 3.63) is 143 Å². The zero-order valence-corrected chi connectivity index (χ0v) is 25.6. The van der Waals surface area contributed by atoms with Crippen LogP contribution >= 0.6 is 0 Å². The summed E-state index contributed by atoms with van der Waals surface area (Å²) in [6, 6.07) is 30.9. The Morgan fingerprint density at radius 1 is 0.460 bits per heavy atom. The third kappa shape index (κ3) is 4.85. The van der Waals surface area contributed by atoms with Gasteiger partial charge in [0.25, 0.3) is 0 Å². The van der Waals surface area contributed by atoms with Crippen LogP contribution in [0.3, 0.4) is 0 Å². The van der Waals surface area contributed by atoms with Crippen molar-refractivity contribution in [3.8, 4) is 69.0 Å². The molecular formula is C40H18F4N6. The van der Waals surface area contributed by atoms with E-state index in [0.717, 1.165) is 12.1 Å². The van der Waals surface area contributed by atoms with Crippen LogP contribution in [0.2, 0.25) is 0 Å². The van der Waals surface area contributed by atoms with Crippen LogP contribution in [0.4, 0.5) is 17.6 Å². The Morgan fingerprint density at radius 3 is 1.14 bits per heavy atom. The van der Waals surface area contributed by atoms with Gasteiger partial charge in [-0.05, 0) is 35.4 Å². The van der Waals surface area contributed by atoms with Gasteiger partial charge in [-0.3, -0.25) is 0 Å². The van der Waals surface area contributed by atoms with Gasteiger partial charge in [0.05, 0.1) is 22.4 Å². The standard InChI is InChI=1S/C40H18F4N6/c41-27-11-13-29(33(43)15-27)37-39-35(25(17-45)18-46)31(23-7-3-1-4-8-23)21-49(39)38(30-14-12-28(42)16-34(30)44)40-36(26(19-47)20-48)32(22-50(37)40)24-9-5-2-6-10-24/h1-16,21-22H. The van der Waals surface area contributed by atoms with Gasteiger partial charge in [0.1, 0.15) is 58.7 Å². The number of halogens is 4. The molecule has 0 aliphatic rings. The van der Waals surface area contributed by atoms with E-state index in [1.54, 1.807) is 60.7 Å². The topological polar surface area (TPSA) is 104 Å². The van der Waals surface area contributed by atoms with E-state index in [2.05, 4.69) is 0 Å². The number of hydrogen-bond acceptors (Lipinski definition) is 4. The van der Waals surface area contributed by atoms with Crippen LogP contribution in [-0.2, 0) is 0 Å². The van der Waals surface area contributed by atoms with Gasteiger partial charge in [0, 0.05) is 57.2 Å². The number of hydrogen-bond donors (Lipinski definition) is 0. The number of aromatic nitrogens is 2. The lowest BCUT2D eigenvalue weighted by Gasteiger charge is -2.17. The summed E-state index contributed by atoms with van der Waals surface area (Å²) in [5.74, 6) is -3.74. The molecule has 0 saturated heterocycles. The molecule has 3 heterocycles. The van der Waals surface area contributed by atoms with Crippen LogP contribution in [-0.4, -0.2) is 8.80 Å². The summed E-state index contributed by atoms with van der Waals surface area (Å²) in [7, 11) is 0. The number of fused-ring (bicyclic) bond motifs is 2. The van der Waals surface area contributed by atoms with E-state index in [9.17, 15) is 29.8 Å². The molecular weight excluding hydrogens is 640 g/mol. The highest BCUT2D eigenvalue weighted by atomic mass is 19.1. The molecule has 236 valence electrons. The van der Waals surface area contributed by atoms with Crippen LogP contribution < -0.4 is 10.4 Å². The van der Waals surface area contributed by atoms with Gasteiger partial charge in [-0.15, -0.1) is 0 Å². The maximum Gasteiger partial charge on any atom is 0.139 e. The van der Waals surface area contributed by atoms with Gasteiger partial charge < -0.3 is 8.80 Å². The fourth-order valence-electron chi connectivity index (χ4n) is 6.39. The van der Waals surface area contributed by atoms with Gasteiger partial charge in [-0.2, -0.15) is 21.0 Å². The van der Waals surface area contributed by atoms with Crippen molar-refractivity contribution < 1.29 is 17.6 Å². The van der Waals surface area contributed by atoms with Crippen molar-refractivity contribution in [2.75, 3.05) is 0 Å². The van der Waals surface area contributed by atoms with Crippen LogP contribution in [0.1, 0.15) is 0 Å². The molecule has 6 nitrogen and oxygen atoms in total. The summed E-state index contributed by atoms with van der Waals surface area (Å²) in [6.45, 7) is 0. The van der Waals surface area contributed by atoms with Crippen LogP contribution in [0.25, 0.3) is 66.9 Å². The second-order valence-corrected chi connectivity index (χ2v) is 11.1. The average molecular weight is 659 g/mol. The molecule has 0 aliphatic heterocycles. The highest BCUT2D eigenvalue weighted by Crippen LogP contribution is 2.38. The molecule has 0 spiro atoms. The highest BCUT2D eigenvalue weighted by molar-refractivity contribution is 5.98. The Morgan fingerprint density at radius 2 is 0.820 bits per heavy atom. The largest absolute Gasteiger partial charge is 0.311 e. The molecule has 10 heteroatoms. The Kier molecular flexibility index (Phi) is 7.69. The smallest absolute Gasteiger partial charge is 0.139 e. The minimum absolute atomic E-state index is 0.00242. The van der Waals surface area contributed by atoms with E-state index >= 15 is 8.78 Å². The molecule has 0 bridgehead atoms. The lowest BCUT2D eigenvalue weighted by Crippen LogP contribution is -2.15. The summed E-state index contributed by atoms with van der Waals surface area (Å²) >= 11 is 0. The molecule has 7 rings (SSSR count). The SMILES string of the molecule is N#CC(C#N)=c1c(-c2ccccc2)cn2c(-c3ccc(F)cc3F)c3c(=C(C#N)C#N)c(-c4ccccc4)cn3c(-c3ccc(F)cc3F)c12. The first-order chi connectivity index (χ1) is 24.3. The normalized spacial score (nSPS) is 10.7. The van der Waals surface area contributed by atoms with E-state index < -0.39 is 23.3 Å². The molecule has 0 amide bonds. The van der Waals surface area contributed by atoms with Crippen molar-refractivity contribution in [2.45, 2.75) is 0 Å². The van der Waals surface area contributed by atoms with Gasteiger partial charge in [0.15, 0.2) is 0 Å². The number of nitriles is 4. The fourth-order valence-corrected chi connectivity index (χ4v) is 6.39. The number of benzene rings is 4. The molecule has 0 aliphatic carbocycles. The van der Waals surface area contributed by atoms with Gasteiger partial charge in [-0.1, -0.05) is 60.7 Å². The zero-order chi connectivity index (χ0) is 35.1. The summed E-state index contributed by atoms with van der Waals surface area (Å²) in [5.41, 5.74) is 0.794. The van der Waals surface area contributed by atoms with Crippen molar-refractivity contribution in [1.29, 1.82) is 21.0 Å². The maximum absolute atomic E-state index is 16.1. The van der Waals surface area contributed by atoms with Crippen LogP contribution in [0.15, 0.2) is 109 Å². The maximum atomic E-state index is 16.1. The molecule has 0 saturated carbocycles. The monoisotopic (exact) mass is 658 g/mol. The Hall–Kier alpha value is -7.40. The second kappa shape index (κ2) is 12.3. The molecule has 4 aromatic carbocycles. The van der Waals surface area contributed by atoms with Crippen LogP contribution in [0.5, 0.6) is 0 Å². The van der Waals surface area contributed by atoms with Crippen molar-refractivity contribution in [2.24, 2.45) is 0 Å².